The first-order valence-corrected chi connectivity index (χ1v) is 8.60. The Morgan fingerprint density at radius 1 is 0.895 bits per heavy atom. The summed E-state index contributed by atoms with van der Waals surface area (Å²) in [6.45, 7) is 9.21. The zero-order valence-corrected chi connectivity index (χ0v) is 13.1. The van der Waals surface area contributed by atoms with Crippen molar-refractivity contribution >= 4 is 0 Å². The molecule has 8 unspecified atom stereocenters. The van der Waals surface area contributed by atoms with Gasteiger partial charge in [0.05, 0.1) is 12.2 Å². The molecule has 0 aromatic heterocycles. The molecular weight excluding hydrogens is 232 g/mol. The summed E-state index contributed by atoms with van der Waals surface area (Å²) in [6.07, 6.45) is 8.55. The average Bonchev–Trinajstić information content (AvgIpc) is 3.05. The molecule has 4 aliphatic carbocycles. The molecule has 4 bridgehead atoms. The molecule has 0 saturated heterocycles. The number of ether oxygens (including phenoxy) is 1. The van der Waals surface area contributed by atoms with Crippen molar-refractivity contribution in [3.8, 4) is 0 Å². The standard InChI is InChI=1S/C18H30O/c1-10(18(2,3)4)19-15-9-13-8-14(15)17-12-6-5-11(7-12)16(13)17/h10-17H,5-9H2,1-4H3. The second-order valence-corrected chi connectivity index (χ2v) is 9.07. The van der Waals surface area contributed by atoms with Crippen molar-refractivity contribution in [3.63, 3.8) is 0 Å². The van der Waals surface area contributed by atoms with Gasteiger partial charge in [-0.25, -0.2) is 0 Å². The molecule has 4 saturated carbocycles. The van der Waals surface area contributed by atoms with Gasteiger partial charge < -0.3 is 4.74 Å². The average molecular weight is 262 g/mol. The highest BCUT2D eigenvalue weighted by atomic mass is 16.5. The van der Waals surface area contributed by atoms with Crippen LogP contribution in [0.4, 0.5) is 0 Å². The quantitative estimate of drug-likeness (QED) is 0.665. The lowest BCUT2D eigenvalue weighted by Gasteiger charge is -2.41. The van der Waals surface area contributed by atoms with Crippen molar-refractivity contribution in [2.75, 3.05) is 0 Å². The van der Waals surface area contributed by atoms with Crippen LogP contribution in [0, 0.1) is 40.9 Å². The molecule has 1 heteroatoms. The van der Waals surface area contributed by atoms with Gasteiger partial charge in [0.2, 0.25) is 0 Å². The topological polar surface area (TPSA) is 9.23 Å². The maximum atomic E-state index is 6.53. The van der Waals surface area contributed by atoms with Gasteiger partial charge in [0.15, 0.2) is 0 Å². The van der Waals surface area contributed by atoms with Crippen molar-refractivity contribution in [3.05, 3.63) is 0 Å². The summed E-state index contributed by atoms with van der Waals surface area (Å²) >= 11 is 0. The van der Waals surface area contributed by atoms with Gasteiger partial charge in [-0.3, -0.25) is 0 Å². The molecule has 0 spiro atoms. The van der Waals surface area contributed by atoms with Crippen LogP contribution in [0.25, 0.3) is 0 Å². The number of rotatable bonds is 2. The lowest BCUT2D eigenvalue weighted by molar-refractivity contribution is -0.0975. The normalized spacial score (nSPS) is 52.7. The zero-order chi connectivity index (χ0) is 13.4. The van der Waals surface area contributed by atoms with E-state index in [9.17, 15) is 0 Å². The molecule has 108 valence electrons. The molecule has 4 aliphatic rings. The van der Waals surface area contributed by atoms with E-state index >= 15 is 0 Å². The SMILES string of the molecule is CC(OC1CC2CC1C1C3CCC(C3)C21)C(C)(C)C. The van der Waals surface area contributed by atoms with Crippen LogP contribution in [0.15, 0.2) is 0 Å². The Morgan fingerprint density at radius 2 is 1.58 bits per heavy atom. The lowest BCUT2D eigenvalue weighted by atomic mass is 9.70. The van der Waals surface area contributed by atoms with Crippen molar-refractivity contribution in [1.82, 2.24) is 0 Å². The maximum Gasteiger partial charge on any atom is 0.0612 e. The number of hydrogen-bond acceptors (Lipinski definition) is 1. The van der Waals surface area contributed by atoms with Gasteiger partial charge in [-0.15, -0.1) is 0 Å². The van der Waals surface area contributed by atoms with Gasteiger partial charge in [-0.1, -0.05) is 20.8 Å². The fourth-order valence-corrected chi connectivity index (χ4v) is 6.13. The lowest BCUT2D eigenvalue weighted by Crippen LogP contribution is -2.40. The Morgan fingerprint density at radius 3 is 2.26 bits per heavy atom. The van der Waals surface area contributed by atoms with Crippen LogP contribution in [-0.4, -0.2) is 12.2 Å². The van der Waals surface area contributed by atoms with E-state index in [1.165, 1.54) is 19.3 Å². The molecule has 0 aliphatic heterocycles. The van der Waals surface area contributed by atoms with Gasteiger partial charge >= 0.3 is 0 Å². The van der Waals surface area contributed by atoms with E-state index in [-0.39, 0.29) is 5.41 Å². The molecular formula is C18H30O. The van der Waals surface area contributed by atoms with E-state index in [0.717, 1.165) is 35.5 Å². The molecule has 0 heterocycles. The first-order valence-electron chi connectivity index (χ1n) is 8.60. The summed E-state index contributed by atoms with van der Waals surface area (Å²) in [4.78, 5) is 0. The first-order chi connectivity index (χ1) is 8.95. The highest BCUT2D eigenvalue weighted by Crippen LogP contribution is 2.67. The van der Waals surface area contributed by atoms with Crippen molar-refractivity contribution in [2.45, 2.75) is 72.0 Å². The summed E-state index contributed by atoms with van der Waals surface area (Å²) in [7, 11) is 0. The fraction of sp³-hybridized carbons (Fsp3) is 1.00. The Labute approximate surface area is 118 Å². The minimum absolute atomic E-state index is 0.288. The molecule has 0 aromatic rings. The van der Waals surface area contributed by atoms with Crippen LogP contribution in [0.1, 0.15) is 59.8 Å². The zero-order valence-electron chi connectivity index (χ0n) is 13.1. The molecule has 0 radical (unpaired) electrons. The maximum absolute atomic E-state index is 6.53. The van der Waals surface area contributed by atoms with E-state index in [0.29, 0.717) is 12.2 Å². The van der Waals surface area contributed by atoms with E-state index in [2.05, 4.69) is 27.7 Å². The van der Waals surface area contributed by atoms with Crippen LogP contribution in [0.2, 0.25) is 0 Å². The molecule has 8 atom stereocenters. The largest absolute Gasteiger partial charge is 0.374 e. The predicted molar refractivity (Wildman–Crippen MR) is 77.8 cm³/mol. The second kappa shape index (κ2) is 4.00. The Bertz CT molecular complexity index is 368. The van der Waals surface area contributed by atoms with Crippen LogP contribution < -0.4 is 0 Å². The summed E-state index contributed by atoms with van der Waals surface area (Å²) < 4.78 is 6.53. The fourth-order valence-electron chi connectivity index (χ4n) is 6.13. The highest BCUT2D eigenvalue weighted by Gasteiger charge is 2.62. The third-order valence-corrected chi connectivity index (χ3v) is 7.27. The highest BCUT2D eigenvalue weighted by molar-refractivity contribution is 5.11. The van der Waals surface area contributed by atoms with Gasteiger partial charge in [0.25, 0.3) is 0 Å². The third-order valence-electron chi connectivity index (χ3n) is 7.27. The van der Waals surface area contributed by atoms with Crippen molar-refractivity contribution < 1.29 is 4.74 Å². The van der Waals surface area contributed by atoms with E-state index in [1.54, 1.807) is 12.8 Å². The van der Waals surface area contributed by atoms with E-state index in [1.807, 2.05) is 0 Å². The smallest absolute Gasteiger partial charge is 0.0612 e. The first kappa shape index (κ1) is 12.7. The molecule has 0 aromatic carbocycles. The number of fused-ring (bicyclic) bond motifs is 9. The molecule has 0 N–H and O–H groups in total. The van der Waals surface area contributed by atoms with Gasteiger partial charge in [-0.2, -0.15) is 0 Å². The van der Waals surface area contributed by atoms with Crippen LogP contribution in [0.3, 0.4) is 0 Å². The minimum atomic E-state index is 0.288. The summed E-state index contributed by atoms with van der Waals surface area (Å²) in [5.41, 5.74) is 0.288. The monoisotopic (exact) mass is 262 g/mol. The third kappa shape index (κ3) is 1.76. The predicted octanol–water partition coefficient (Wildman–Crippen LogP) is 4.51. The van der Waals surface area contributed by atoms with Crippen molar-refractivity contribution in [1.29, 1.82) is 0 Å². The Kier molecular flexibility index (Phi) is 2.67. The minimum Gasteiger partial charge on any atom is -0.374 e. The van der Waals surface area contributed by atoms with Gasteiger partial charge in [-0.05, 0) is 80.0 Å². The number of hydrogen-bond donors (Lipinski definition) is 0. The molecule has 19 heavy (non-hydrogen) atoms. The molecule has 4 fully saturated rings. The Hall–Kier alpha value is -0.0400. The second-order valence-electron chi connectivity index (χ2n) is 9.07. The Balaban J connectivity index is 1.48. The summed E-state index contributed by atoms with van der Waals surface area (Å²) in [5, 5.41) is 0. The molecule has 1 nitrogen and oxygen atoms in total. The molecule has 0 amide bonds. The van der Waals surface area contributed by atoms with Crippen LogP contribution in [-0.2, 0) is 4.74 Å². The van der Waals surface area contributed by atoms with Gasteiger partial charge in [0.1, 0.15) is 0 Å². The van der Waals surface area contributed by atoms with E-state index in [4.69, 9.17) is 4.74 Å². The van der Waals surface area contributed by atoms with Crippen LogP contribution >= 0.6 is 0 Å². The van der Waals surface area contributed by atoms with Gasteiger partial charge in [0, 0.05) is 0 Å². The van der Waals surface area contributed by atoms with Crippen LogP contribution in [0.5, 0.6) is 0 Å². The van der Waals surface area contributed by atoms with E-state index < -0.39 is 0 Å². The summed E-state index contributed by atoms with van der Waals surface area (Å²) in [6, 6.07) is 0. The molecule has 4 rings (SSSR count). The van der Waals surface area contributed by atoms with Crippen molar-refractivity contribution in [2.24, 2.45) is 40.9 Å². The summed E-state index contributed by atoms with van der Waals surface area (Å²) in [5.74, 6) is 6.34.